The van der Waals surface area contributed by atoms with Crippen LogP contribution in [0.1, 0.15) is 15.9 Å². The minimum atomic E-state index is -0.180. The predicted octanol–water partition coefficient (Wildman–Crippen LogP) is 3.83. The van der Waals surface area contributed by atoms with Gasteiger partial charge < -0.3 is 20.3 Å². The largest absolute Gasteiger partial charge is 0.496 e. The Bertz CT molecular complexity index is 922. The molecule has 0 radical (unpaired) electrons. The van der Waals surface area contributed by atoms with Gasteiger partial charge in [-0.1, -0.05) is 18.2 Å². The first-order chi connectivity index (χ1) is 13.6. The molecule has 0 spiro atoms. The number of carbonyl (C=O) groups is 1. The Hall–Kier alpha value is -3.54. The monoisotopic (exact) mass is 376 g/mol. The molecular formula is C22H24N4O2. The van der Waals surface area contributed by atoms with Crippen LogP contribution < -0.4 is 20.3 Å². The van der Waals surface area contributed by atoms with Gasteiger partial charge in [0.05, 0.1) is 12.7 Å². The molecule has 1 amide bonds. The molecule has 1 aromatic heterocycles. The van der Waals surface area contributed by atoms with Crippen LogP contribution in [0.2, 0.25) is 0 Å². The normalized spacial score (nSPS) is 10.2. The zero-order valence-corrected chi connectivity index (χ0v) is 16.3. The molecule has 0 fully saturated rings. The highest BCUT2D eigenvalue weighted by atomic mass is 16.5. The summed E-state index contributed by atoms with van der Waals surface area (Å²) in [6.45, 7) is 0.390. The number of aromatic nitrogens is 1. The van der Waals surface area contributed by atoms with Gasteiger partial charge in [0.2, 0.25) is 0 Å². The smallest absolute Gasteiger partial charge is 0.253 e. The van der Waals surface area contributed by atoms with Crippen molar-refractivity contribution < 1.29 is 9.53 Å². The molecule has 3 aromatic rings. The highest BCUT2D eigenvalue weighted by Gasteiger charge is 2.08. The van der Waals surface area contributed by atoms with Crippen LogP contribution in [0.3, 0.4) is 0 Å². The van der Waals surface area contributed by atoms with Crippen molar-refractivity contribution in [2.45, 2.75) is 6.54 Å². The molecule has 0 aliphatic rings. The molecule has 144 valence electrons. The molecule has 0 saturated heterocycles. The summed E-state index contributed by atoms with van der Waals surface area (Å²) in [5.41, 5.74) is 3.49. The summed E-state index contributed by atoms with van der Waals surface area (Å²) in [5, 5.41) is 6.12. The van der Waals surface area contributed by atoms with Crippen molar-refractivity contribution >= 4 is 23.1 Å². The average Bonchev–Trinajstić information content (AvgIpc) is 2.73. The van der Waals surface area contributed by atoms with E-state index in [9.17, 15) is 4.79 Å². The number of benzene rings is 2. The van der Waals surface area contributed by atoms with Crippen LogP contribution in [0.25, 0.3) is 0 Å². The van der Waals surface area contributed by atoms with E-state index in [0.29, 0.717) is 17.9 Å². The van der Waals surface area contributed by atoms with E-state index in [2.05, 4.69) is 15.6 Å². The van der Waals surface area contributed by atoms with Crippen LogP contribution in [0.5, 0.6) is 5.75 Å². The molecule has 3 rings (SSSR count). The van der Waals surface area contributed by atoms with Gasteiger partial charge in [0.25, 0.3) is 5.91 Å². The maximum Gasteiger partial charge on any atom is 0.253 e. The molecular weight excluding hydrogens is 352 g/mol. The summed E-state index contributed by atoms with van der Waals surface area (Å²) in [7, 11) is 5.62. The van der Waals surface area contributed by atoms with E-state index in [4.69, 9.17) is 4.74 Å². The molecule has 0 saturated carbocycles. The fraction of sp³-hybridized carbons (Fsp3) is 0.182. The number of anilines is 3. The van der Waals surface area contributed by atoms with Gasteiger partial charge in [0.15, 0.2) is 0 Å². The van der Waals surface area contributed by atoms with Crippen molar-refractivity contribution in [1.29, 1.82) is 0 Å². The average molecular weight is 376 g/mol. The van der Waals surface area contributed by atoms with E-state index >= 15 is 0 Å². The van der Waals surface area contributed by atoms with Gasteiger partial charge in [-0.2, -0.15) is 0 Å². The fourth-order valence-electron chi connectivity index (χ4n) is 2.72. The molecule has 0 aliphatic heterocycles. The molecule has 6 heteroatoms. The van der Waals surface area contributed by atoms with E-state index in [1.807, 2.05) is 67.5 Å². The third kappa shape index (κ3) is 4.79. The molecule has 0 aliphatic carbocycles. The van der Waals surface area contributed by atoms with Crippen molar-refractivity contribution in [3.63, 3.8) is 0 Å². The Kier molecular flexibility index (Phi) is 6.11. The van der Waals surface area contributed by atoms with Crippen molar-refractivity contribution in [2.75, 3.05) is 31.4 Å². The number of pyridine rings is 1. The maximum atomic E-state index is 12.4. The number of nitrogens with one attached hydrogen (secondary N) is 2. The highest BCUT2D eigenvalue weighted by Crippen LogP contribution is 2.19. The van der Waals surface area contributed by atoms with Crippen molar-refractivity contribution in [2.24, 2.45) is 0 Å². The van der Waals surface area contributed by atoms with Gasteiger partial charge in [0.1, 0.15) is 11.6 Å². The summed E-state index contributed by atoms with van der Waals surface area (Å²) in [4.78, 5) is 18.7. The molecule has 1 heterocycles. The van der Waals surface area contributed by atoms with Crippen molar-refractivity contribution in [3.8, 4) is 5.75 Å². The Balaban J connectivity index is 1.59. The van der Waals surface area contributed by atoms with Crippen LogP contribution in [0.4, 0.5) is 17.2 Å². The summed E-state index contributed by atoms with van der Waals surface area (Å²) in [5.74, 6) is 1.25. The van der Waals surface area contributed by atoms with E-state index in [1.54, 1.807) is 25.4 Å². The molecule has 28 heavy (non-hydrogen) atoms. The first-order valence-corrected chi connectivity index (χ1v) is 8.97. The van der Waals surface area contributed by atoms with Gasteiger partial charge in [-0.05, 0) is 42.5 Å². The molecule has 0 bridgehead atoms. The number of amides is 1. The van der Waals surface area contributed by atoms with Crippen molar-refractivity contribution in [3.05, 3.63) is 78.0 Å². The summed E-state index contributed by atoms with van der Waals surface area (Å²) >= 11 is 0. The molecule has 0 unspecified atom stereocenters. The quantitative estimate of drug-likeness (QED) is 0.656. The lowest BCUT2D eigenvalue weighted by Crippen LogP contribution is -2.23. The topological polar surface area (TPSA) is 66.5 Å². The number of nitrogens with zero attached hydrogens (tertiary/aromatic N) is 2. The highest BCUT2D eigenvalue weighted by molar-refractivity contribution is 5.94. The van der Waals surface area contributed by atoms with Crippen LogP contribution in [0, 0.1) is 0 Å². The first-order valence-electron chi connectivity index (χ1n) is 8.97. The summed E-state index contributed by atoms with van der Waals surface area (Å²) < 4.78 is 5.30. The zero-order valence-electron chi connectivity index (χ0n) is 16.3. The second-order valence-corrected chi connectivity index (χ2v) is 6.49. The lowest BCUT2D eigenvalue weighted by molar-refractivity contribution is 0.0950. The second kappa shape index (κ2) is 8.90. The van der Waals surface area contributed by atoms with Crippen LogP contribution in [0.15, 0.2) is 66.9 Å². The molecule has 2 aromatic carbocycles. The number of methoxy groups -OCH3 is 1. The van der Waals surface area contributed by atoms with E-state index < -0.39 is 0 Å². The van der Waals surface area contributed by atoms with Gasteiger partial charge in [-0.15, -0.1) is 0 Å². The third-order valence-electron chi connectivity index (χ3n) is 4.31. The van der Waals surface area contributed by atoms with E-state index in [0.717, 1.165) is 22.7 Å². The number of hydrogen-bond acceptors (Lipinski definition) is 5. The number of ether oxygens (including phenoxy) is 1. The number of rotatable bonds is 7. The van der Waals surface area contributed by atoms with Gasteiger partial charge in [-0.25, -0.2) is 4.98 Å². The minimum Gasteiger partial charge on any atom is -0.496 e. The standard InChI is InChI=1S/C22H24N4O2/c1-26(2)19-11-9-18(10-12-19)25-21-13-8-17(15-23-21)22(27)24-14-16-6-4-5-7-20(16)28-3/h4-13,15H,14H2,1-3H3,(H,23,25)(H,24,27). The number of carbonyl (C=O) groups excluding carboxylic acids is 1. The van der Waals surface area contributed by atoms with Crippen molar-refractivity contribution in [1.82, 2.24) is 10.3 Å². The Morgan fingerprint density at radius 3 is 2.43 bits per heavy atom. The second-order valence-electron chi connectivity index (χ2n) is 6.49. The maximum absolute atomic E-state index is 12.4. The lowest BCUT2D eigenvalue weighted by atomic mass is 10.2. The van der Waals surface area contributed by atoms with Gasteiger partial charge in [-0.3, -0.25) is 4.79 Å². The Morgan fingerprint density at radius 1 is 1.04 bits per heavy atom. The fourth-order valence-corrected chi connectivity index (χ4v) is 2.72. The Morgan fingerprint density at radius 2 is 1.79 bits per heavy atom. The minimum absolute atomic E-state index is 0.180. The molecule has 0 atom stereocenters. The van der Waals surface area contributed by atoms with Crippen LogP contribution in [-0.2, 0) is 6.54 Å². The Labute approximate surface area is 165 Å². The number of hydrogen-bond donors (Lipinski definition) is 2. The van der Waals surface area contributed by atoms with Gasteiger partial charge in [0, 0.05) is 43.8 Å². The molecule has 6 nitrogen and oxygen atoms in total. The lowest BCUT2D eigenvalue weighted by Gasteiger charge is -2.13. The van der Waals surface area contributed by atoms with Crippen LogP contribution >= 0.6 is 0 Å². The van der Waals surface area contributed by atoms with E-state index in [-0.39, 0.29) is 5.91 Å². The predicted molar refractivity (Wildman–Crippen MR) is 112 cm³/mol. The first kappa shape index (κ1) is 19.2. The van der Waals surface area contributed by atoms with E-state index in [1.165, 1.54) is 0 Å². The van der Waals surface area contributed by atoms with Crippen LogP contribution in [-0.4, -0.2) is 32.1 Å². The summed E-state index contributed by atoms with van der Waals surface area (Å²) in [6.07, 6.45) is 1.56. The van der Waals surface area contributed by atoms with Gasteiger partial charge >= 0.3 is 0 Å². The third-order valence-corrected chi connectivity index (χ3v) is 4.31. The molecule has 2 N–H and O–H groups in total. The number of para-hydroxylation sites is 1. The SMILES string of the molecule is COc1ccccc1CNC(=O)c1ccc(Nc2ccc(N(C)C)cc2)nc1. The summed E-state index contributed by atoms with van der Waals surface area (Å²) in [6, 6.07) is 19.2. The zero-order chi connectivity index (χ0) is 19.9.